The van der Waals surface area contributed by atoms with Gasteiger partial charge in [0.05, 0.1) is 17.7 Å². The molecule has 1 aliphatic carbocycles. The van der Waals surface area contributed by atoms with Crippen molar-refractivity contribution in [3.63, 3.8) is 0 Å². The van der Waals surface area contributed by atoms with Gasteiger partial charge >= 0.3 is 0 Å². The number of hydrogen-bond donors (Lipinski definition) is 0. The number of hydrogen-bond acceptors (Lipinski definition) is 3. The van der Waals surface area contributed by atoms with Crippen LogP contribution in [0.4, 0.5) is 0 Å². The Kier molecular flexibility index (Phi) is 5.38. The van der Waals surface area contributed by atoms with Crippen molar-refractivity contribution in [3.8, 4) is 17.7 Å². The van der Waals surface area contributed by atoms with E-state index in [0.717, 1.165) is 17.0 Å². The first kappa shape index (κ1) is 17.8. The van der Waals surface area contributed by atoms with Crippen molar-refractivity contribution in [1.29, 1.82) is 5.26 Å². The van der Waals surface area contributed by atoms with Crippen LogP contribution in [0.2, 0.25) is 0 Å². The SMILES string of the molecule is CCn1nc(C2=CC(C#N)C=CC=C2)cc1Oc1ccc(C(C)C)cc1. The molecule has 1 aromatic carbocycles. The van der Waals surface area contributed by atoms with Gasteiger partial charge in [-0.2, -0.15) is 10.4 Å². The zero-order valence-electron chi connectivity index (χ0n) is 15.4. The molecule has 0 amide bonds. The first-order valence-electron chi connectivity index (χ1n) is 8.93. The van der Waals surface area contributed by atoms with Crippen LogP contribution >= 0.6 is 0 Å². The number of ether oxygens (including phenoxy) is 1. The van der Waals surface area contributed by atoms with Gasteiger partial charge in [0.1, 0.15) is 5.75 Å². The maximum Gasteiger partial charge on any atom is 0.218 e. The Labute approximate surface area is 154 Å². The molecule has 1 aliphatic rings. The smallest absolute Gasteiger partial charge is 0.218 e. The molecule has 0 bridgehead atoms. The summed E-state index contributed by atoms with van der Waals surface area (Å²) in [4.78, 5) is 0. The highest BCUT2D eigenvalue weighted by molar-refractivity contribution is 5.74. The van der Waals surface area contributed by atoms with Crippen LogP contribution in [-0.2, 0) is 6.54 Å². The van der Waals surface area contributed by atoms with E-state index in [-0.39, 0.29) is 5.92 Å². The van der Waals surface area contributed by atoms with Crippen molar-refractivity contribution in [3.05, 3.63) is 72.0 Å². The average molecular weight is 345 g/mol. The van der Waals surface area contributed by atoms with E-state index in [0.29, 0.717) is 18.3 Å². The van der Waals surface area contributed by atoms with E-state index in [9.17, 15) is 5.26 Å². The van der Waals surface area contributed by atoms with Crippen molar-refractivity contribution in [2.75, 3.05) is 0 Å². The summed E-state index contributed by atoms with van der Waals surface area (Å²) in [5, 5.41) is 13.9. The maximum absolute atomic E-state index is 9.22. The van der Waals surface area contributed by atoms with Crippen LogP contribution < -0.4 is 4.74 Å². The maximum atomic E-state index is 9.22. The second-order valence-electron chi connectivity index (χ2n) is 6.53. The van der Waals surface area contributed by atoms with Crippen LogP contribution in [-0.4, -0.2) is 9.78 Å². The molecule has 1 aromatic heterocycles. The van der Waals surface area contributed by atoms with Crippen molar-refractivity contribution in [2.45, 2.75) is 33.2 Å². The number of nitriles is 1. The van der Waals surface area contributed by atoms with Crippen LogP contribution in [0.1, 0.15) is 37.9 Å². The number of aryl methyl sites for hydroxylation is 1. The lowest BCUT2D eigenvalue weighted by atomic mass is 10.0. The van der Waals surface area contributed by atoms with Crippen LogP contribution in [0.15, 0.2) is 60.7 Å². The first-order valence-corrected chi connectivity index (χ1v) is 8.93. The molecule has 26 heavy (non-hydrogen) atoms. The summed E-state index contributed by atoms with van der Waals surface area (Å²) >= 11 is 0. The van der Waals surface area contributed by atoms with Gasteiger partial charge in [0, 0.05) is 12.6 Å². The Morgan fingerprint density at radius 1 is 1.23 bits per heavy atom. The van der Waals surface area contributed by atoms with Gasteiger partial charge in [0.2, 0.25) is 5.88 Å². The molecule has 1 unspecified atom stereocenters. The van der Waals surface area contributed by atoms with Gasteiger partial charge in [-0.15, -0.1) is 0 Å². The van der Waals surface area contributed by atoms with Crippen LogP contribution in [0.25, 0.3) is 5.57 Å². The summed E-state index contributed by atoms with van der Waals surface area (Å²) in [7, 11) is 0. The van der Waals surface area contributed by atoms with Crippen molar-refractivity contribution in [2.24, 2.45) is 5.92 Å². The minimum Gasteiger partial charge on any atom is -0.439 e. The van der Waals surface area contributed by atoms with Crippen LogP contribution in [0.5, 0.6) is 11.6 Å². The molecule has 132 valence electrons. The van der Waals surface area contributed by atoms with Gasteiger partial charge in [0.15, 0.2) is 0 Å². The molecule has 3 rings (SSSR count). The number of nitrogens with zero attached hydrogens (tertiary/aromatic N) is 3. The lowest BCUT2D eigenvalue weighted by Crippen LogP contribution is -2.00. The van der Waals surface area contributed by atoms with E-state index in [1.54, 1.807) is 0 Å². The van der Waals surface area contributed by atoms with Crippen molar-refractivity contribution >= 4 is 5.57 Å². The van der Waals surface area contributed by atoms with E-state index in [1.807, 2.05) is 60.2 Å². The fraction of sp³-hybridized carbons (Fsp3) is 0.273. The fourth-order valence-corrected chi connectivity index (χ4v) is 2.79. The molecule has 4 nitrogen and oxygen atoms in total. The van der Waals surface area contributed by atoms with E-state index in [1.165, 1.54) is 5.56 Å². The summed E-state index contributed by atoms with van der Waals surface area (Å²) < 4.78 is 7.89. The fourth-order valence-electron chi connectivity index (χ4n) is 2.79. The first-order chi connectivity index (χ1) is 12.6. The standard InChI is InChI=1S/C22H23N3O/c1-4-25-22(26-20-11-9-18(10-12-20)16(2)3)14-21(24-25)19-8-6-5-7-17(13-19)15-23/h5-14,16-17H,4H2,1-3H3. The monoisotopic (exact) mass is 345 g/mol. The average Bonchev–Trinajstić information content (AvgIpc) is 2.89. The van der Waals surface area contributed by atoms with Crippen molar-refractivity contribution in [1.82, 2.24) is 9.78 Å². The number of rotatable bonds is 5. The Morgan fingerprint density at radius 3 is 2.65 bits per heavy atom. The zero-order valence-corrected chi connectivity index (χ0v) is 15.4. The Balaban J connectivity index is 1.87. The third kappa shape index (κ3) is 3.94. The lowest BCUT2D eigenvalue weighted by Gasteiger charge is -2.09. The molecule has 1 atom stereocenters. The molecule has 0 radical (unpaired) electrons. The molecular weight excluding hydrogens is 322 g/mol. The van der Waals surface area contributed by atoms with E-state index < -0.39 is 0 Å². The third-order valence-electron chi connectivity index (χ3n) is 4.32. The second kappa shape index (κ2) is 7.88. The minimum atomic E-state index is -0.250. The quantitative estimate of drug-likeness (QED) is 0.722. The van der Waals surface area contributed by atoms with Gasteiger partial charge in [-0.1, -0.05) is 56.4 Å². The van der Waals surface area contributed by atoms with Crippen LogP contribution in [0, 0.1) is 17.2 Å². The number of aromatic nitrogens is 2. The highest BCUT2D eigenvalue weighted by Crippen LogP contribution is 2.28. The van der Waals surface area contributed by atoms with Gasteiger partial charge in [0.25, 0.3) is 0 Å². The highest BCUT2D eigenvalue weighted by atomic mass is 16.5. The number of benzene rings is 1. The molecule has 0 N–H and O–H groups in total. The normalized spacial score (nSPS) is 16.3. The highest BCUT2D eigenvalue weighted by Gasteiger charge is 2.13. The number of allylic oxidation sites excluding steroid dienone is 6. The lowest BCUT2D eigenvalue weighted by molar-refractivity contribution is 0.416. The Bertz CT molecular complexity index is 892. The molecule has 4 heteroatoms. The molecule has 2 aromatic rings. The largest absolute Gasteiger partial charge is 0.439 e. The molecule has 0 saturated heterocycles. The van der Waals surface area contributed by atoms with E-state index >= 15 is 0 Å². The Hall–Kier alpha value is -3.06. The molecule has 0 spiro atoms. The molecule has 0 aliphatic heterocycles. The van der Waals surface area contributed by atoms with E-state index in [2.05, 4.69) is 37.1 Å². The Morgan fingerprint density at radius 2 is 2.00 bits per heavy atom. The minimum absolute atomic E-state index is 0.250. The van der Waals surface area contributed by atoms with Gasteiger partial charge in [-0.25, -0.2) is 4.68 Å². The predicted octanol–water partition coefficient (Wildman–Crippen LogP) is 5.47. The molecule has 0 saturated carbocycles. The van der Waals surface area contributed by atoms with Gasteiger partial charge < -0.3 is 4.74 Å². The third-order valence-corrected chi connectivity index (χ3v) is 4.32. The molecular formula is C22H23N3O. The zero-order chi connectivity index (χ0) is 18.5. The van der Waals surface area contributed by atoms with E-state index in [4.69, 9.17) is 4.74 Å². The van der Waals surface area contributed by atoms with Crippen molar-refractivity contribution < 1.29 is 4.74 Å². The predicted molar refractivity (Wildman–Crippen MR) is 104 cm³/mol. The summed E-state index contributed by atoms with van der Waals surface area (Å²) in [6.07, 6.45) is 9.58. The second-order valence-corrected chi connectivity index (χ2v) is 6.53. The summed E-state index contributed by atoms with van der Waals surface area (Å²) in [6, 6.07) is 12.3. The summed E-state index contributed by atoms with van der Waals surface area (Å²) in [5.41, 5.74) is 3.01. The van der Waals surface area contributed by atoms with Gasteiger partial charge in [-0.05, 0) is 36.1 Å². The molecule has 1 heterocycles. The van der Waals surface area contributed by atoms with Gasteiger partial charge in [-0.3, -0.25) is 0 Å². The topological polar surface area (TPSA) is 50.8 Å². The molecule has 0 fully saturated rings. The van der Waals surface area contributed by atoms with Crippen LogP contribution in [0.3, 0.4) is 0 Å². The summed E-state index contributed by atoms with van der Waals surface area (Å²) in [5.74, 6) is 1.73. The summed E-state index contributed by atoms with van der Waals surface area (Å²) in [6.45, 7) is 7.08.